The summed E-state index contributed by atoms with van der Waals surface area (Å²) < 4.78 is 0. The highest BCUT2D eigenvalue weighted by Crippen LogP contribution is 2.20. The molecule has 3 aromatic carbocycles. The topological polar surface area (TPSA) is 73.2 Å². The second kappa shape index (κ2) is 8.85. The molecule has 1 N–H and O–H groups in total. The summed E-state index contributed by atoms with van der Waals surface area (Å²) in [4.78, 5) is 27.4. The van der Waals surface area contributed by atoms with Gasteiger partial charge in [0.15, 0.2) is 0 Å². The van der Waals surface area contributed by atoms with Crippen molar-refractivity contribution in [2.75, 3.05) is 16.8 Å². The van der Waals surface area contributed by atoms with E-state index in [4.69, 9.17) is 0 Å². The van der Waals surface area contributed by atoms with Crippen LogP contribution in [0.3, 0.4) is 0 Å². The van der Waals surface area contributed by atoms with Crippen molar-refractivity contribution >= 4 is 23.2 Å². The van der Waals surface area contributed by atoms with Gasteiger partial charge in [-0.2, -0.15) is 5.26 Å². The van der Waals surface area contributed by atoms with Crippen molar-refractivity contribution in [1.29, 1.82) is 5.26 Å². The fourth-order valence-corrected chi connectivity index (χ4v) is 3.07. The molecule has 3 rings (SSSR count). The van der Waals surface area contributed by atoms with Crippen molar-refractivity contribution in [3.05, 3.63) is 95.1 Å². The largest absolute Gasteiger partial charge is 0.321 e. The lowest BCUT2D eigenvalue weighted by atomic mass is 10.1. The SMILES string of the molecule is CCN(C(=O)c1cccc(C(=O)Nc2ccccc2C#N)c1)c1cccc(C)c1. The molecule has 5 nitrogen and oxygen atoms in total. The molecule has 0 aliphatic heterocycles. The Bertz CT molecular complexity index is 1100. The molecule has 0 bridgehead atoms. The summed E-state index contributed by atoms with van der Waals surface area (Å²) in [5, 5.41) is 11.9. The smallest absolute Gasteiger partial charge is 0.258 e. The van der Waals surface area contributed by atoms with Crippen LogP contribution in [0.2, 0.25) is 0 Å². The lowest BCUT2D eigenvalue weighted by Gasteiger charge is -2.22. The Kier molecular flexibility index (Phi) is 6.06. The van der Waals surface area contributed by atoms with Crippen molar-refractivity contribution in [3.63, 3.8) is 0 Å². The minimum Gasteiger partial charge on any atom is -0.321 e. The zero-order valence-electron chi connectivity index (χ0n) is 16.3. The zero-order chi connectivity index (χ0) is 20.8. The maximum atomic E-state index is 13.1. The third kappa shape index (κ3) is 4.50. The number of hydrogen-bond donors (Lipinski definition) is 1. The van der Waals surface area contributed by atoms with E-state index in [-0.39, 0.29) is 11.8 Å². The highest BCUT2D eigenvalue weighted by Gasteiger charge is 2.18. The van der Waals surface area contributed by atoms with Crippen LogP contribution in [0.25, 0.3) is 0 Å². The van der Waals surface area contributed by atoms with E-state index in [1.54, 1.807) is 53.4 Å². The molecular formula is C24H21N3O2. The Hall–Kier alpha value is -3.91. The standard InChI is InChI=1S/C24H21N3O2/c1-3-27(21-12-6-8-17(2)14-21)24(29)19-11-7-10-18(15-19)23(28)26-22-13-5-4-9-20(22)16-25/h4-15H,3H2,1-2H3,(H,26,28). The first kappa shape index (κ1) is 19.8. The first-order valence-corrected chi connectivity index (χ1v) is 9.32. The highest BCUT2D eigenvalue weighted by molar-refractivity contribution is 6.09. The van der Waals surface area contributed by atoms with E-state index in [1.165, 1.54) is 0 Å². The van der Waals surface area contributed by atoms with Gasteiger partial charge in [0.25, 0.3) is 11.8 Å². The van der Waals surface area contributed by atoms with Crippen LogP contribution >= 0.6 is 0 Å². The Balaban J connectivity index is 1.85. The quantitative estimate of drug-likeness (QED) is 0.689. The van der Waals surface area contributed by atoms with Crippen LogP contribution in [0.15, 0.2) is 72.8 Å². The third-order valence-corrected chi connectivity index (χ3v) is 4.54. The normalized spacial score (nSPS) is 10.1. The van der Waals surface area contributed by atoms with Gasteiger partial charge < -0.3 is 10.2 Å². The molecule has 3 aromatic rings. The van der Waals surface area contributed by atoms with Crippen molar-refractivity contribution in [1.82, 2.24) is 0 Å². The Morgan fingerprint density at radius 1 is 0.966 bits per heavy atom. The number of nitriles is 1. The summed E-state index contributed by atoms with van der Waals surface area (Å²) in [7, 11) is 0. The second-order valence-corrected chi connectivity index (χ2v) is 6.58. The van der Waals surface area contributed by atoms with Gasteiger partial charge in [0.1, 0.15) is 6.07 Å². The molecule has 29 heavy (non-hydrogen) atoms. The number of amides is 2. The van der Waals surface area contributed by atoms with E-state index < -0.39 is 0 Å². The average molecular weight is 383 g/mol. The third-order valence-electron chi connectivity index (χ3n) is 4.54. The van der Waals surface area contributed by atoms with Crippen LogP contribution in [0.1, 0.15) is 38.8 Å². The average Bonchev–Trinajstić information content (AvgIpc) is 2.74. The van der Waals surface area contributed by atoms with E-state index in [0.717, 1.165) is 11.3 Å². The number of para-hydroxylation sites is 1. The van der Waals surface area contributed by atoms with Gasteiger partial charge in [0.05, 0.1) is 11.3 Å². The number of anilines is 2. The molecule has 0 aromatic heterocycles. The fraction of sp³-hybridized carbons (Fsp3) is 0.125. The van der Waals surface area contributed by atoms with Gasteiger partial charge in [-0.1, -0.05) is 30.3 Å². The second-order valence-electron chi connectivity index (χ2n) is 6.58. The van der Waals surface area contributed by atoms with Gasteiger partial charge in [-0.05, 0) is 61.9 Å². The summed E-state index contributed by atoms with van der Waals surface area (Å²) >= 11 is 0. The molecule has 0 spiro atoms. The lowest BCUT2D eigenvalue weighted by molar-refractivity contribution is 0.0988. The molecular weight excluding hydrogens is 362 g/mol. The number of carbonyl (C=O) groups is 2. The van der Waals surface area contributed by atoms with E-state index >= 15 is 0 Å². The first-order valence-electron chi connectivity index (χ1n) is 9.32. The van der Waals surface area contributed by atoms with Crippen molar-refractivity contribution in [2.45, 2.75) is 13.8 Å². The van der Waals surface area contributed by atoms with Crippen LogP contribution < -0.4 is 10.2 Å². The number of carbonyl (C=O) groups excluding carboxylic acids is 2. The molecule has 0 saturated carbocycles. The van der Waals surface area contributed by atoms with E-state index in [1.807, 2.05) is 38.1 Å². The molecule has 0 saturated heterocycles. The van der Waals surface area contributed by atoms with Crippen LogP contribution in [-0.2, 0) is 0 Å². The van der Waals surface area contributed by atoms with Gasteiger partial charge in [-0.25, -0.2) is 0 Å². The minimum absolute atomic E-state index is 0.176. The molecule has 0 aliphatic carbocycles. The van der Waals surface area contributed by atoms with Crippen molar-refractivity contribution in [2.24, 2.45) is 0 Å². The molecule has 2 amide bonds. The molecule has 0 atom stereocenters. The number of benzene rings is 3. The summed E-state index contributed by atoms with van der Waals surface area (Å²) in [5.41, 5.74) is 3.48. The summed E-state index contributed by atoms with van der Waals surface area (Å²) in [6, 6.07) is 23.2. The molecule has 0 radical (unpaired) electrons. The zero-order valence-corrected chi connectivity index (χ0v) is 16.3. The van der Waals surface area contributed by atoms with Gasteiger partial charge in [0, 0.05) is 23.4 Å². The first-order chi connectivity index (χ1) is 14.0. The number of nitrogens with zero attached hydrogens (tertiary/aromatic N) is 2. The highest BCUT2D eigenvalue weighted by atomic mass is 16.2. The summed E-state index contributed by atoms with van der Waals surface area (Å²) in [6.07, 6.45) is 0. The van der Waals surface area contributed by atoms with E-state index in [2.05, 4.69) is 11.4 Å². The Labute approximate surface area is 170 Å². The van der Waals surface area contributed by atoms with Gasteiger partial charge in [-0.3, -0.25) is 9.59 Å². The maximum Gasteiger partial charge on any atom is 0.258 e. The summed E-state index contributed by atoms with van der Waals surface area (Å²) in [6.45, 7) is 4.40. The van der Waals surface area contributed by atoms with Crippen LogP contribution in [-0.4, -0.2) is 18.4 Å². The van der Waals surface area contributed by atoms with Gasteiger partial charge >= 0.3 is 0 Å². The predicted octanol–water partition coefficient (Wildman–Crippen LogP) is 4.79. The number of aryl methyl sites for hydroxylation is 1. The van der Waals surface area contributed by atoms with Gasteiger partial charge in [0.2, 0.25) is 0 Å². The van der Waals surface area contributed by atoms with E-state index in [0.29, 0.717) is 28.9 Å². The number of rotatable bonds is 5. The molecule has 144 valence electrons. The Morgan fingerprint density at radius 3 is 2.41 bits per heavy atom. The fourth-order valence-electron chi connectivity index (χ4n) is 3.07. The lowest BCUT2D eigenvalue weighted by Crippen LogP contribution is -2.30. The number of nitrogens with one attached hydrogen (secondary N) is 1. The maximum absolute atomic E-state index is 13.1. The van der Waals surface area contributed by atoms with Crippen LogP contribution in [0, 0.1) is 18.3 Å². The Morgan fingerprint density at radius 2 is 1.69 bits per heavy atom. The minimum atomic E-state index is -0.374. The molecule has 5 heteroatoms. The number of hydrogen-bond acceptors (Lipinski definition) is 3. The van der Waals surface area contributed by atoms with Crippen molar-refractivity contribution < 1.29 is 9.59 Å². The molecule has 0 heterocycles. The molecule has 0 fully saturated rings. The monoisotopic (exact) mass is 383 g/mol. The summed E-state index contributed by atoms with van der Waals surface area (Å²) in [5.74, 6) is -0.550. The van der Waals surface area contributed by atoms with Gasteiger partial charge in [-0.15, -0.1) is 0 Å². The van der Waals surface area contributed by atoms with E-state index in [9.17, 15) is 14.9 Å². The van der Waals surface area contributed by atoms with Crippen LogP contribution in [0.4, 0.5) is 11.4 Å². The predicted molar refractivity (Wildman–Crippen MR) is 114 cm³/mol. The van der Waals surface area contributed by atoms with Crippen molar-refractivity contribution in [3.8, 4) is 6.07 Å². The molecule has 0 unspecified atom stereocenters. The molecule has 0 aliphatic rings. The van der Waals surface area contributed by atoms with Crippen LogP contribution in [0.5, 0.6) is 0 Å².